The molecule has 0 aliphatic heterocycles. The number of hydrogen-bond acceptors (Lipinski definition) is 4. The Morgan fingerprint density at radius 3 is 2.23 bits per heavy atom. The Morgan fingerprint density at radius 1 is 0.875 bits per heavy atom. The molecular formula is C35H48ClNO2S. The number of allylic oxidation sites excluding steroid dienone is 1. The van der Waals surface area contributed by atoms with Gasteiger partial charge in [-0.15, -0.1) is 11.3 Å². The maximum absolute atomic E-state index is 7.00. The minimum Gasteiger partial charge on any atom is -0.494 e. The molecule has 1 N–H and O–H groups in total. The first-order valence-corrected chi connectivity index (χ1v) is 16.5. The maximum atomic E-state index is 7.00. The molecule has 1 heterocycles. The van der Waals surface area contributed by atoms with E-state index in [-0.39, 0.29) is 5.60 Å². The number of anilines is 1. The normalized spacial score (nSPS) is 12.7. The number of halogens is 1. The van der Waals surface area contributed by atoms with Crippen LogP contribution in [0, 0.1) is 0 Å². The maximum Gasteiger partial charge on any atom is 0.190 e. The number of hydrogen-bond donors (Lipinski definition) is 1. The molecule has 1 saturated carbocycles. The van der Waals surface area contributed by atoms with Gasteiger partial charge in [-0.05, 0) is 98.7 Å². The second-order valence-electron chi connectivity index (χ2n) is 10.6. The average Bonchev–Trinajstić information content (AvgIpc) is 3.37. The minimum atomic E-state index is -0.0597. The number of thiophene rings is 1. The average molecular weight is 582 g/mol. The van der Waals surface area contributed by atoms with Gasteiger partial charge in [0.2, 0.25) is 0 Å². The van der Waals surface area contributed by atoms with E-state index in [1.54, 1.807) is 11.3 Å². The standard InChI is InChI=1S/C27H38ClNOS.C8H10O/c1-4-7-8-18-27(16-5-2,17-6-3)30-26(21-11-9-12-21)29-24-15-19-31-25(24)22-13-10-14-23(28)20-22;1-2-9-8-6-4-3-5-7-8/h10,13-15,19-20,29H,4-9,11-12,16-18H2,1-3H3;3-7H,2H2,1H3. The second kappa shape index (κ2) is 17.4. The smallest absolute Gasteiger partial charge is 0.190 e. The van der Waals surface area contributed by atoms with Crippen molar-refractivity contribution in [1.29, 1.82) is 0 Å². The van der Waals surface area contributed by atoms with Crippen molar-refractivity contribution in [3.8, 4) is 16.2 Å². The molecule has 3 nitrogen and oxygen atoms in total. The van der Waals surface area contributed by atoms with Crippen LogP contribution in [0.3, 0.4) is 0 Å². The summed E-state index contributed by atoms with van der Waals surface area (Å²) in [5, 5.41) is 6.65. The number of ether oxygens (including phenoxy) is 2. The van der Waals surface area contributed by atoms with Gasteiger partial charge in [-0.2, -0.15) is 0 Å². The van der Waals surface area contributed by atoms with Crippen molar-refractivity contribution in [3.63, 3.8) is 0 Å². The van der Waals surface area contributed by atoms with E-state index < -0.39 is 0 Å². The first-order valence-electron chi connectivity index (χ1n) is 15.2. The summed E-state index contributed by atoms with van der Waals surface area (Å²) in [6.45, 7) is 9.57. The Hall–Kier alpha value is -2.43. The molecular weight excluding hydrogens is 534 g/mol. The summed E-state index contributed by atoms with van der Waals surface area (Å²) in [6.07, 6.45) is 13.0. The summed E-state index contributed by atoms with van der Waals surface area (Å²) < 4.78 is 12.2. The Morgan fingerprint density at radius 2 is 1.62 bits per heavy atom. The molecule has 4 rings (SSSR count). The van der Waals surface area contributed by atoms with E-state index in [9.17, 15) is 0 Å². The van der Waals surface area contributed by atoms with Crippen LogP contribution in [0.4, 0.5) is 5.69 Å². The molecule has 1 fully saturated rings. The van der Waals surface area contributed by atoms with Gasteiger partial charge in [0.1, 0.15) is 11.4 Å². The zero-order valence-corrected chi connectivity index (χ0v) is 26.5. The Labute approximate surface area is 252 Å². The topological polar surface area (TPSA) is 30.5 Å². The number of nitrogens with one attached hydrogen (secondary N) is 1. The largest absolute Gasteiger partial charge is 0.494 e. The van der Waals surface area contributed by atoms with E-state index in [2.05, 4.69) is 43.6 Å². The van der Waals surface area contributed by atoms with E-state index in [1.165, 1.54) is 36.1 Å². The summed E-state index contributed by atoms with van der Waals surface area (Å²) in [6, 6.07) is 20.1. The van der Waals surface area contributed by atoms with Crippen molar-refractivity contribution < 1.29 is 9.47 Å². The zero-order valence-electron chi connectivity index (χ0n) is 24.9. The number of benzene rings is 2. The van der Waals surface area contributed by atoms with Crippen LogP contribution in [-0.2, 0) is 4.74 Å². The zero-order chi connectivity index (χ0) is 28.6. The van der Waals surface area contributed by atoms with Crippen molar-refractivity contribution in [2.45, 2.75) is 104 Å². The molecule has 0 radical (unpaired) electrons. The Kier molecular flexibility index (Phi) is 14.0. The molecule has 0 unspecified atom stereocenters. The van der Waals surface area contributed by atoms with Gasteiger partial charge in [0.25, 0.3) is 0 Å². The second-order valence-corrected chi connectivity index (χ2v) is 11.9. The van der Waals surface area contributed by atoms with Crippen LogP contribution in [0.15, 0.2) is 77.5 Å². The van der Waals surface area contributed by atoms with Crippen molar-refractivity contribution in [1.82, 2.24) is 0 Å². The quantitative estimate of drug-likeness (QED) is 0.143. The first kappa shape index (κ1) is 32.1. The fraction of sp³-hybridized carbons (Fsp3) is 0.486. The van der Waals surface area contributed by atoms with Gasteiger partial charge in [-0.3, -0.25) is 0 Å². The van der Waals surface area contributed by atoms with Gasteiger partial charge < -0.3 is 14.8 Å². The predicted octanol–water partition coefficient (Wildman–Crippen LogP) is 11.9. The molecule has 3 aromatic rings. The van der Waals surface area contributed by atoms with Crippen LogP contribution < -0.4 is 10.1 Å². The fourth-order valence-electron chi connectivity index (χ4n) is 5.19. The van der Waals surface area contributed by atoms with Gasteiger partial charge >= 0.3 is 0 Å². The number of para-hydroxylation sites is 1. The van der Waals surface area contributed by atoms with Gasteiger partial charge in [0.15, 0.2) is 5.88 Å². The third kappa shape index (κ3) is 9.89. The van der Waals surface area contributed by atoms with Crippen LogP contribution >= 0.6 is 22.9 Å². The third-order valence-corrected chi connectivity index (χ3v) is 8.50. The van der Waals surface area contributed by atoms with Crippen molar-refractivity contribution in [2.75, 3.05) is 11.9 Å². The summed E-state index contributed by atoms with van der Waals surface area (Å²) in [5.74, 6) is 1.96. The molecule has 1 aromatic heterocycles. The van der Waals surface area contributed by atoms with Gasteiger partial charge in [0.05, 0.1) is 17.2 Å². The highest BCUT2D eigenvalue weighted by Crippen LogP contribution is 2.41. The molecule has 0 amide bonds. The molecule has 1 aliphatic rings. The van der Waals surface area contributed by atoms with Gasteiger partial charge in [0, 0.05) is 5.02 Å². The summed E-state index contributed by atoms with van der Waals surface area (Å²) in [7, 11) is 0. The monoisotopic (exact) mass is 581 g/mol. The van der Waals surface area contributed by atoms with Crippen molar-refractivity contribution >= 4 is 28.6 Å². The SMILES string of the molecule is CCCCCC(CCC)(CCC)OC(Nc1ccsc1-c1cccc(Cl)c1)=C1CCC1.CCOc1ccccc1. The molecule has 5 heteroatoms. The highest BCUT2D eigenvalue weighted by Gasteiger charge is 2.33. The van der Waals surface area contributed by atoms with E-state index in [4.69, 9.17) is 21.1 Å². The summed E-state index contributed by atoms with van der Waals surface area (Å²) >= 11 is 8.02. The molecule has 0 bridgehead atoms. The minimum absolute atomic E-state index is 0.0597. The Bertz CT molecular complexity index is 1140. The molecule has 0 saturated heterocycles. The van der Waals surface area contributed by atoms with Crippen molar-refractivity contribution in [2.24, 2.45) is 0 Å². The van der Waals surface area contributed by atoms with Crippen LogP contribution in [0.5, 0.6) is 5.75 Å². The summed E-state index contributed by atoms with van der Waals surface area (Å²) in [4.78, 5) is 1.21. The van der Waals surface area contributed by atoms with E-state index in [1.807, 2.05) is 55.5 Å². The number of rotatable bonds is 15. The van der Waals surface area contributed by atoms with Crippen LogP contribution in [0.2, 0.25) is 5.02 Å². The number of unbranched alkanes of at least 4 members (excludes halogenated alkanes) is 2. The first-order chi connectivity index (χ1) is 19.5. The lowest BCUT2D eigenvalue weighted by Crippen LogP contribution is -2.34. The lowest BCUT2D eigenvalue weighted by atomic mass is 9.86. The van der Waals surface area contributed by atoms with E-state index >= 15 is 0 Å². The van der Waals surface area contributed by atoms with Crippen LogP contribution in [0.1, 0.15) is 98.3 Å². The van der Waals surface area contributed by atoms with Crippen LogP contribution in [0.25, 0.3) is 10.4 Å². The highest BCUT2D eigenvalue weighted by molar-refractivity contribution is 7.14. The van der Waals surface area contributed by atoms with E-state index in [0.29, 0.717) is 0 Å². The molecule has 218 valence electrons. The van der Waals surface area contributed by atoms with Crippen molar-refractivity contribution in [3.05, 3.63) is 82.5 Å². The Balaban J connectivity index is 0.000000415. The molecule has 0 spiro atoms. The molecule has 0 atom stereocenters. The van der Waals surface area contributed by atoms with E-state index in [0.717, 1.165) is 79.5 Å². The lowest BCUT2D eigenvalue weighted by Gasteiger charge is -2.38. The van der Waals surface area contributed by atoms with Gasteiger partial charge in [-0.1, -0.05) is 88.4 Å². The third-order valence-electron chi connectivity index (χ3n) is 7.30. The van der Waals surface area contributed by atoms with Gasteiger partial charge in [-0.25, -0.2) is 0 Å². The fourth-order valence-corrected chi connectivity index (χ4v) is 6.23. The van der Waals surface area contributed by atoms with Crippen LogP contribution in [-0.4, -0.2) is 12.2 Å². The highest BCUT2D eigenvalue weighted by atomic mass is 35.5. The predicted molar refractivity (Wildman–Crippen MR) is 175 cm³/mol. The summed E-state index contributed by atoms with van der Waals surface area (Å²) in [5.41, 5.74) is 3.65. The molecule has 40 heavy (non-hydrogen) atoms. The molecule has 1 aliphatic carbocycles. The molecule has 2 aromatic carbocycles. The lowest BCUT2D eigenvalue weighted by molar-refractivity contribution is -0.0237.